The van der Waals surface area contributed by atoms with Crippen molar-refractivity contribution in [1.82, 2.24) is 20.5 Å². The molecule has 0 saturated carbocycles. The van der Waals surface area contributed by atoms with Crippen LogP contribution in [-0.4, -0.2) is 62.8 Å². The number of thiazole rings is 1. The average Bonchev–Trinajstić information content (AvgIpc) is 3.02. The van der Waals surface area contributed by atoms with Crippen LogP contribution in [0.5, 0.6) is 0 Å². The van der Waals surface area contributed by atoms with Crippen molar-refractivity contribution in [2.75, 3.05) is 46.9 Å². The lowest BCUT2D eigenvalue weighted by atomic mass is 9.98. The van der Waals surface area contributed by atoms with Gasteiger partial charge < -0.3 is 20.3 Å². The van der Waals surface area contributed by atoms with Crippen molar-refractivity contribution >= 4 is 17.3 Å². The number of aromatic nitrogens is 1. The summed E-state index contributed by atoms with van der Waals surface area (Å²) in [6.07, 6.45) is 1.06. The highest BCUT2D eigenvalue weighted by Gasteiger charge is 2.17. The molecule has 25 heavy (non-hydrogen) atoms. The molecule has 0 unspecified atom stereocenters. The molecule has 0 saturated heterocycles. The summed E-state index contributed by atoms with van der Waals surface area (Å²) < 4.78 is 5.09. The first kappa shape index (κ1) is 21.9. The molecule has 0 fully saturated rings. The molecule has 6 nitrogen and oxygen atoms in total. The fourth-order valence-electron chi connectivity index (χ4n) is 2.18. The third-order valence-electron chi connectivity index (χ3n) is 3.61. The van der Waals surface area contributed by atoms with Gasteiger partial charge in [-0.05, 0) is 20.4 Å². The van der Waals surface area contributed by atoms with Crippen LogP contribution in [0.3, 0.4) is 0 Å². The van der Waals surface area contributed by atoms with E-state index in [1.165, 1.54) is 0 Å². The van der Waals surface area contributed by atoms with Gasteiger partial charge in [-0.1, -0.05) is 20.8 Å². The molecule has 0 spiro atoms. The molecule has 2 N–H and O–H groups in total. The number of likely N-dealkylation sites (N-methyl/N-ethyl adjacent to an activating group) is 1. The maximum atomic E-state index is 5.09. The Bertz CT molecular complexity index is 510. The van der Waals surface area contributed by atoms with Gasteiger partial charge in [0.05, 0.1) is 17.2 Å². The van der Waals surface area contributed by atoms with Crippen molar-refractivity contribution in [2.24, 2.45) is 4.99 Å². The smallest absolute Gasteiger partial charge is 0.191 e. The Labute approximate surface area is 157 Å². The second kappa shape index (κ2) is 11.4. The Morgan fingerprint density at radius 3 is 2.68 bits per heavy atom. The van der Waals surface area contributed by atoms with E-state index in [0.717, 1.165) is 55.9 Å². The van der Waals surface area contributed by atoms with Crippen LogP contribution >= 0.6 is 11.3 Å². The second-order valence-electron chi connectivity index (χ2n) is 7.17. The van der Waals surface area contributed by atoms with E-state index < -0.39 is 0 Å². The maximum Gasteiger partial charge on any atom is 0.191 e. The van der Waals surface area contributed by atoms with Crippen LogP contribution in [0.15, 0.2) is 10.4 Å². The number of hydrogen-bond donors (Lipinski definition) is 2. The number of aliphatic imine (C=N–C) groups is 1. The minimum Gasteiger partial charge on any atom is -0.385 e. The molecule has 0 atom stereocenters. The zero-order valence-corrected chi connectivity index (χ0v) is 17.5. The van der Waals surface area contributed by atoms with Gasteiger partial charge in [0, 0.05) is 50.7 Å². The van der Waals surface area contributed by atoms with Crippen LogP contribution in [0.2, 0.25) is 0 Å². The molecule has 0 amide bonds. The zero-order chi connectivity index (χ0) is 18.7. The van der Waals surface area contributed by atoms with Gasteiger partial charge in [-0.15, -0.1) is 11.3 Å². The highest BCUT2D eigenvalue weighted by molar-refractivity contribution is 7.09. The zero-order valence-electron chi connectivity index (χ0n) is 16.7. The molecule has 1 heterocycles. The van der Waals surface area contributed by atoms with E-state index in [4.69, 9.17) is 9.72 Å². The lowest BCUT2D eigenvalue weighted by molar-refractivity contribution is 0.180. The first-order valence-electron chi connectivity index (χ1n) is 9.01. The van der Waals surface area contributed by atoms with Gasteiger partial charge in [0.15, 0.2) is 5.96 Å². The summed E-state index contributed by atoms with van der Waals surface area (Å²) in [6, 6.07) is 0. The summed E-state index contributed by atoms with van der Waals surface area (Å²) in [4.78, 5) is 11.6. The fraction of sp³-hybridized carbons (Fsp3) is 0.778. The van der Waals surface area contributed by atoms with Gasteiger partial charge >= 0.3 is 0 Å². The summed E-state index contributed by atoms with van der Waals surface area (Å²) in [5, 5.41) is 9.95. The first-order chi connectivity index (χ1) is 11.9. The van der Waals surface area contributed by atoms with E-state index in [0.29, 0.717) is 6.54 Å². The molecular formula is C18H35N5OS. The predicted octanol–water partition coefficient (Wildman–Crippen LogP) is 2.46. The largest absolute Gasteiger partial charge is 0.385 e. The van der Waals surface area contributed by atoms with Crippen LogP contribution in [0, 0.1) is 0 Å². The average molecular weight is 370 g/mol. The Morgan fingerprint density at radius 2 is 2.08 bits per heavy atom. The van der Waals surface area contributed by atoms with Crippen molar-refractivity contribution in [3.05, 3.63) is 16.1 Å². The molecule has 0 aliphatic carbocycles. The Hall–Kier alpha value is -1.18. The molecule has 144 valence electrons. The topological polar surface area (TPSA) is 61.8 Å². The summed E-state index contributed by atoms with van der Waals surface area (Å²) in [5.41, 5.74) is 1.13. The van der Waals surface area contributed by atoms with E-state index in [1.54, 1.807) is 18.4 Å². The minimum atomic E-state index is 0.1000. The third kappa shape index (κ3) is 9.18. The van der Waals surface area contributed by atoms with Crippen LogP contribution in [0.25, 0.3) is 0 Å². The number of nitrogens with zero attached hydrogens (tertiary/aromatic N) is 3. The van der Waals surface area contributed by atoms with Gasteiger partial charge in [0.25, 0.3) is 0 Å². The van der Waals surface area contributed by atoms with E-state index in [1.807, 2.05) is 0 Å². The Kier molecular flexibility index (Phi) is 10.0. The predicted molar refractivity (Wildman–Crippen MR) is 108 cm³/mol. The highest BCUT2D eigenvalue weighted by atomic mass is 32.1. The molecule has 7 heteroatoms. The molecule has 0 aliphatic rings. The quantitative estimate of drug-likeness (QED) is 0.377. The van der Waals surface area contributed by atoms with Gasteiger partial charge in [-0.2, -0.15) is 0 Å². The van der Waals surface area contributed by atoms with Crippen molar-refractivity contribution in [1.29, 1.82) is 0 Å². The maximum absolute atomic E-state index is 5.09. The monoisotopic (exact) mass is 369 g/mol. The standard InChI is InChI=1S/C18H35N5OS/c1-7-19-17(20-9-11-23(5)10-8-12-24-6)21-13-15-14-25-16(22-15)18(2,3)4/h14H,7-13H2,1-6H3,(H2,19,20,21). The number of rotatable bonds is 10. The molecule has 1 rings (SSSR count). The molecule has 0 aliphatic heterocycles. The van der Waals surface area contributed by atoms with E-state index in [2.05, 4.69) is 60.6 Å². The summed E-state index contributed by atoms with van der Waals surface area (Å²) in [7, 11) is 3.87. The highest BCUT2D eigenvalue weighted by Crippen LogP contribution is 2.25. The molecule has 0 aromatic carbocycles. The van der Waals surface area contributed by atoms with Crippen LogP contribution in [0.4, 0.5) is 0 Å². The van der Waals surface area contributed by atoms with Crippen molar-refractivity contribution in [3.63, 3.8) is 0 Å². The normalized spacial score (nSPS) is 12.7. The number of guanidine groups is 1. The molecule has 0 bridgehead atoms. The van der Waals surface area contributed by atoms with Crippen molar-refractivity contribution in [3.8, 4) is 0 Å². The summed E-state index contributed by atoms with van der Waals surface area (Å²) in [5.74, 6) is 0.845. The van der Waals surface area contributed by atoms with Crippen LogP contribution in [0.1, 0.15) is 44.8 Å². The SMILES string of the molecule is CCNC(=NCc1csc(C(C)(C)C)n1)NCCN(C)CCCOC. The number of ether oxygens (including phenoxy) is 1. The Morgan fingerprint density at radius 1 is 1.32 bits per heavy atom. The van der Waals surface area contributed by atoms with E-state index in [9.17, 15) is 0 Å². The summed E-state index contributed by atoms with van der Waals surface area (Å²) in [6.45, 7) is 13.8. The van der Waals surface area contributed by atoms with Crippen LogP contribution in [-0.2, 0) is 16.7 Å². The van der Waals surface area contributed by atoms with Gasteiger partial charge in [0.2, 0.25) is 0 Å². The number of methoxy groups -OCH3 is 1. The Balaban J connectivity index is 2.44. The van der Waals surface area contributed by atoms with Gasteiger partial charge in [0.1, 0.15) is 0 Å². The fourth-order valence-corrected chi connectivity index (χ4v) is 3.08. The minimum absolute atomic E-state index is 0.1000. The van der Waals surface area contributed by atoms with E-state index >= 15 is 0 Å². The summed E-state index contributed by atoms with van der Waals surface area (Å²) >= 11 is 1.71. The van der Waals surface area contributed by atoms with Crippen molar-refractivity contribution in [2.45, 2.75) is 46.1 Å². The van der Waals surface area contributed by atoms with Gasteiger partial charge in [-0.3, -0.25) is 0 Å². The lowest BCUT2D eigenvalue weighted by Gasteiger charge is -2.18. The number of hydrogen-bond acceptors (Lipinski definition) is 5. The molecular weight excluding hydrogens is 334 g/mol. The number of nitrogens with one attached hydrogen (secondary N) is 2. The molecule has 1 aromatic rings. The second-order valence-corrected chi connectivity index (χ2v) is 8.02. The molecule has 0 radical (unpaired) electrons. The van der Waals surface area contributed by atoms with E-state index in [-0.39, 0.29) is 5.41 Å². The lowest BCUT2D eigenvalue weighted by Crippen LogP contribution is -2.41. The third-order valence-corrected chi connectivity index (χ3v) is 4.93. The first-order valence-corrected chi connectivity index (χ1v) is 9.89. The van der Waals surface area contributed by atoms with Gasteiger partial charge in [-0.25, -0.2) is 9.98 Å². The molecule has 1 aromatic heterocycles. The van der Waals surface area contributed by atoms with Crippen molar-refractivity contribution < 1.29 is 4.74 Å². The van der Waals surface area contributed by atoms with Crippen LogP contribution < -0.4 is 10.6 Å².